The summed E-state index contributed by atoms with van der Waals surface area (Å²) in [4.78, 5) is 11.6. The molecule has 0 aliphatic carbocycles. The number of rotatable bonds is 9. The van der Waals surface area contributed by atoms with E-state index >= 15 is 0 Å². The molecule has 2 atom stereocenters. The van der Waals surface area contributed by atoms with Gasteiger partial charge >= 0.3 is 5.97 Å². The molecular formula is C14H30NO3+. The second-order valence-electron chi connectivity index (χ2n) is 5.88. The van der Waals surface area contributed by atoms with Crippen LogP contribution in [0.3, 0.4) is 0 Å². The molecule has 0 aromatic carbocycles. The number of carbonyl (C=O) groups is 1. The number of nitrogens with zero attached hydrogens (tertiary/aromatic N) is 1. The Bertz CT molecular complexity index is 260. The molecular weight excluding hydrogens is 230 g/mol. The van der Waals surface area contributed by atoms with Gasteiger partial charge in [0.05, 0.1) is 27.2 Å². The molecule has 4 nitrogen and oxygen atoms in total. The summed E-state index contributed by atoms with van der Waals surface area (Å²) in [7, 11) is 6.32. The number of quaternary nitrogens is 1. The first-order valence-electron chi connectivity index (χ1n) is 6.92. The van der Waals surface area contributed by atoms with Crippen LogP contribution in [0.2, 0.25) is 0 Å². The number of carboxylic acid groups (broad SMARTS) is 1. The highest BCUT2D eigenvalue weighted by Crippen LogP contribution is 2.28. The third-order valence-electron chi connectivity index (χ3n) is 3.68. The zero-order valence-corrected chi connectivity index (χ0v) is 12.8. The van der Waals surface area contributed by atoms with Gasteiger partial charge in [0.25, 0.3) is 0 Å². The third kappa shape index (κ3) is 4.58. The van der Waals surface area contributed by atoms with E-state index in [0.717, 1.165) is 17.3 Å². The number of hydrogen-bond acceptors (Lipinski definition) is 2. The molecule has 108 valence electrons. The molecule has 0 amide bonds. The van der Waals surface area contributed by atoms with Gasteiger partial charge in [-0.15, -0.1) is 0 Å². The van der Waals surface area contributed by atoms with E-state index in [0.29, 0.717) is 19.4 Å². The first-order valence-corrected chi connectivity index (χ1v) is 6.92. The number of ether oxygens (including phenoxy) is 1. The minimum absolute atomic E-state index is 0.290. The van der Waals surface area contributed by atoms with Gasteiger partial charge in [-0.25, -0.2) is 4.79 Å². The van der Waals surface area contributed by atoms with Gasteiger partial charge in [0.1, 0.15) is 0 Å². The van der Waals surface area contributed by atoms with E-state index in [-0.39, 0.29) is 6.04 Å². The highest BCUT2D eigenvalue weighted by molar-refractivity contribution is 5.77. The van der Waals surface area contributed by atoms with Crippen molar-refractivity contribution in [3.05, 3.63) is 0 Å². The normalized spacial score (nSPS) is 17.2. The first-order chi connectivity index (χ1) is 8.23. The second kappa shape index (κ2) is 7.10. The van der Waals surface area contributed by atoms with Crippen LogP contribution in [0.5, 0.6) is 0 Å². The summed E-state index contributed by atoms with van der Waals surface area (Å²) in [5, 5.41) is 9.53. The Morgan fingerprint density at radius 1 is 1.28 bits per heavy atom. The highest BCUT2D eigenvalue weighted by Gasteiger charge is 2.43. The first kappa shape index (κ1) is 17.4. The standard InChI is InChI=1S/C14H29NO3/c1-7-10-18-14(9-3,13(16)17)11-12(8-2)15(4,5)6/h12H,7-11H2,1-6H3/p+1/t12?,14-/m1/s1. The lowest BCUT2D eigenvalue weighted by Crippen LogP contribution is -2.52. The molecule has 0 fully saturated rings. The van der Waals surface area contributed by atoms with E-state index in [9.17, 15) is 9.90 Å². The summed E-state index contributed by atoms with van der Waals surface area (Å²) in [6.45, 7) is 6.51. The van der Waals surface area contributed by atoms with Gasteiger partial charge in [0, 0.05) is 13.0 Å². The maximum Gasteiger partial charge on any atom is 0.336 e. The van der Waals surface area contributed by atoms with Crippen LogP contribution in [-0.4, -0.2) is 55.0 Å². The summed E-state index contributed by atoms with van der Waals surface area (Å²) in [6.07, 6.45) is 2.88. The van der Waals surface area contributed by atoms with E-state index in [1.807, 2.05) is 13.8 Å². The highest BCUT2D eigenvalue weighted by atomic mass is 16.5. The van der Waals surface area contributed by atoms with Crippen molar-refractivity contribution in [2.45, 2.75) is 58.1 Å². The van der Waals surface area contributed by atoms with Crippen LogP contribution in [0, 0.1) is 0 Å². The average Bonchev–Trinajstić information content (AvgIpc) is 2.28. The van der Waals surface area contributed by atoms with Crippen molar-refractivity contribution in [3.63, 3.8) is 0 Å². The smallest absolute Gasteiger partial charge is 0.336 e. The molecule has 0 bridgehead atoms. The number of carboxylic acids is 1. The van der Waals surface area contributed by atoms with Crippen LogP contribution < -0.4 is 0 Å². The van der Waals surface area contributed by atoms with Crippen LogP contribution in [0.25, 0.3) is 0 Å². The summed E-state index contributed by atoms with van der Waals surface area (Å²) < 4.78 is 6.47. The van der Waals surface area contributed by atoms with Crippen LogP contribution in [-0.2, 0) is 9.53 Å². The maximum atomic E-state index is 11.6. The molecule has 0 aliphatic rings. The Hall–Kier alpha value is -0.610. The van der Waals surface area contributed by atoms with Crippen molar-refractivity contribution in [3.8, 4) is 0 Å². The summed E-state index contributed by atoms with van der Waals surface area (Å²) in [5.41, 5.74) is -1.03. The molecule has 0 rings (SSSR count). The fourth-order valence-corrected chi connectivity index (χ4v) is 2.25. The Morgan fingerprint density at radius 2 is 1.83 bits per heavy atom. The van der Waals surface area contributed by atoms with Gasteiger partial charge in [-0.05, 0) is 19.3 Å². The molecule has 18 heavy (non-hydrogen) atoms. The molecule has 1 unspecified atom stereocenters. The van der Waals surface area contributed by atoms with E-state index in [1.165, 1.54) is 0 Å². The fourth-order valence-electron chi connectivity index (χ4n) is 2.25. The minimum Gasteiger partial charge on any atom is -0.479 e. The summed E-state index contributed by atoms with van der Waals surface area (Å²) in [5.74, 6) is -0.828. The Morgan fingerprint density at radius 3 is 2.11 bits per heavy atom. The van der Waals surface area contributed by atoms with E-state index in [1.54, 1.807) is 0 Å². The fraction of sp³-hybridized carbons (Fsp3) is 0.929. The zero-order chi connectivity index (χ0) is 14.4. The number of aliphatic carboxylic acids is 1. The monoisotopic (exact) mass is 260 g/mol. The predicted octanol–water partition coefficient (Wildman–Crippen LogP) is 2.52. The van der Waals surface area contributed by atoms with Gasteiger partial charge in [-0.2, -0.15) is 0 Å². The summed E-state index contributed by atoms with van der Waals surface area (Å²) in [6, 6.07) is 0.290. The zero-order valence-electron chi connectivity index (χ0n) is 12.8. The molecule has 0 saturated heterocycles. The predicted molar refractivity (Wildman–Crippen MR) is 73.6 cm³/mol. The Labute approximate surface area is 112 Å². The molecule has 0 heterocycles. The van der Waals surface area contributed by atoms with Crippen LogP contribution >= 0.6 is 0 Å². The van der Waals surface area contributed by atoms with Crippen LogP contribution in [0.15, 0.2) is 0 Å². The molecule has 0 saturated carbocycles. The molecule has 4 heteroatoms. The minimum atomic E-state index is -1.03. The largest absolute Gasteiger partial charge is 0.479 e. The van der Waals surface area contributed by atoms with Crippen LogP contribution in [0.1, 0.15) is 46.5 Å². The molecule has 0 aromatic heterocycles. The van der Waals surface area contributed by atoms with Gasteiger partial charge < -0.3 is 14.3 Å². The van der Waals surface area contributed by atoms with Crippen molar-refractivity contribution in [1.82, 2.24) is 0 Å². The lowest BCUT2D eigenvalue weighted by atomic mass is 9.89. The lowest BCUT2D eigenvalue weighted by Gasteiger charge is -2.39. The van der Waals surface area contributed by atoms with Crippen LogP contribution in [0.4, 0.5) is 0 Å². The van der Waals surface area contributed by atoms with Crippen molar-refractivity contribution in [2.75, 3.05) is 27.7 Å². The molecule has 0 aromatic rings. The van der Waals surface area contributed by atoms with Gasteiger partial charge in [-0.1, -0.05) is 20.8 Å². The average molecular weight is 260 g/mol. The Balaban J connectivity index is 5.02. The molecule has 0 spiro atoms. The van der Waals surface area contributed by atoms with E-state index in [2.05, 4.69) is 28.1 Å². The number of hydrogen-bond donors (Lipinski definition) is 1. The van der Waals surface area contributed by atoms with Gasteiger partial charge in [0.15, 0.2) is 5.60 Å². The van der Waals surface area contributed by atoms with E-state index < -0.39 is 11.6 Å². The second-order valence-corrected chi connectivity index (χ2v) is 5.88. The SMILES string of the molecule is CCCO[C@](CC)(CC(CC)[N+](C)(C)C)C(=O)O. The molecule has 1 N–H and O–H groups in total. The maximum absolute atomic E-state index is 11.6. The summed E-state index contributed by atoms with van der Waals surface area (Å²) >= 11 is 0. The molecule has 0 radical (unpaired) electrons. The Kier molecular flexibility index (Phi) is 6.86. The lowest BCUT2D eigenvalue weighted by molar-refractivity contribution is -0.897. The quantitative estimate of drug-likeness (QED) is 0.648. The van der Waals surface area contributed by atoms with Crippen molar-refractivity contribution < 1.29 is 19.1 Å². The third-order valence-corrected chi connectivity index (χ3v) is 3.68. The van der Waals surface area contributed by atoms with Crippen molar-refractivity contribution in [2.24, 2.45) is 0 Å². The molecule has 0 aliphatic heterocycles. The van der Waals surface area contributed by atoms with Crippen molar-refractivity contribution >= 4 is 5.97 Å². The topological polar surface area (TPSA) is 46.5 Å². The van der Waals surface area contributed by atoms with Crippen molar-refractivity contribution in [1.29, 1.82) is 0 Å². The van der Waals surface area contributed by atoms with Gasteiger partial charge in [0.2, 0.25) is 0 Å². The van der Waals surface area contributed by atoms with E-state index in [4.69, 9.17) is 4.74 Å². The van der Waals surface area contributed by atoms with Gasteiger partial charge in [-0.3, -0.25) is 0 Å².